The first kappa shape index (κ1) is 119. The average molecular weight is 2130 g/mol. The standard InChI is InChI=1S/C80H134N4O61/c1-17(96)81-33-44(107)59(136-77-56(119)66(41(104)25(9-89)128-77)144-74-52(115)48(111)37(100)21(5-85)125-74)28(12-92)131-70(33)123-16-32-43(106)68(143-73-36(84-20(4)99)46(109)61(30(14-94)134-73)138-78-57(120)67(42(105)26(10-90)129-78)145-75-53(116)49(112)38(101)22(6-86)126-75)58(121)80(135-32)139-62-31(15-95)133-72(35(47(62)110)83-19(3)98)141-64-39(102)23(7-87)127-76(54(64)117)137-60-29(13-93)132-71(34(45(60)108)82-18(2)97)142-65-40(103)24(8-88)130-79(55(65)118)140-63-27(11-91)124-69(122)51(114)50(63)113/h21-80,85-95,100-122H,5-16H2,1-4H3,(H,81,96)(H,82,97)(H,83,98)(H,84,99)/t21-,22-,23-,24-,25-,26-,27-,28-,29-,30-,31-,32-,33-,34-,35-,36-,37+,38+,39+,40+,41+,42+,43+,44-,45-,46-,47-,48+,49+,50-,51-,52-,53-,54-,55-,56-,57-,58-,59-,60-,61-,62-,63-,64+,65+,66+,67+,68+,69-,70-,71+,72+,73+,74-,75-,76+,77+,78+,79+,80+/m1/s1. The molecule has 0 saturated carbocycles. The molecule has 0 aromatic heterocycles. The Balaban J connectivity index is 0.812. The Kier molecular flexibility index (Phi) is 42.9. The van der Waals surface area contributed by atoms with E-state index in [1.54, 1.807) is 0 Å². The molecule has 0 unspecified atom stereocenters. The molecule has 4 amide bonds. The summed E-state index contributed by atoms with van der Waals surface area (Å²) in [5, 5.41) is 389. The lowest BCUT2D eigenvalue weighted by Gasteiger charge is -2.51. The fourth-order valence-corrected chi connectivity index (χ4v) is 18.9. The minimum absolute atomic E-state index is 0.863. The second-order valence-corrected chi connectivity index (χ2v) is 36.6. The molecule has 12 saturated heterocycles. The van der Waals surface area contributed by atoms with Crippen molar-refractivity contribution in [2.24, 2.45) is 0 Å². The predicted octanol–water partition coefficient (Wildman–Crippen LogP) is -26.6. The molecule has 0 aromatic carbocycles. The second-order valence-electron chi connectivity index (χ2n) is 36.6. The molecule has 12 rings (SSSR count). The Morgan fingerprint density at radius 2 is 0.359 bits per heavy atom. The molecule has 0 bridgehead atoms. The molecule has 12 aliphatic heterocycles. The number of rotatable bonds is 38. The molecule has 0 aromatic rings. The van der Waals surface area contributed by atoms with Crippen LogP contribution in [-0.4, -0.2) is 645 Å². The maximum Gasteiger partial charge on any atom is 0.217 e. The summed E-state index contributed by atoms with van der Waals surface area (Å²) >= 11 is 0. The third-order valence-corrected chi connectivity index (χ3v) is 26.7. The molecule has 12 heterocycles. The highest BCUT2D eigenvalue weighted by molar-refractivity contribution is 5.74. The van der Waals surface area contributed by atoms with Gasteiger partial charge in [-0.15, -0.1) is 0 Å². The highest BCUT2D eigenvalue weighted by Gasteiger charge is 2.64. The lowest BCUT2D eigenvalue weighted by Crippen LogP contribution is -2.71. The van der Waals surface area contributed by atoms with E-state index < -0.39 is 471 Å². The van der Waals surface area contributed by atoms with Crippen molar-refractivity contribution in [3.8, 4) is 0 Å². The molecule has 840 valence electrons. The molecule has 145 heavy (non-hydrogen) atoms. The fourth-order valence-electron chi connectivity index (χ4n) is 18.9. The van der Waals surface area contributed by atoms with Gasteiger partial charge in [0, 0.05) is 27.7 Å². The quantitative estimate of drug-likeness (QED) is 0.0273. The van der Waals surface area contributed by atoms with Gasteiger partial charge < -0.3 is 304 Å². The Labute approximate surface area is 819 Å². The number of nitrogens with one attached hydrogen (secondary N) is 4. The van der Waals surface area contributed by atoms with Crippen LogP contribution in [0, 0.1) is 0 Å². The molecule has 38 N–H and O–H groups in total. The number of carbonyl (C=O) groups is 4. The third-order valence-electron chi connectivity index (χ3n) is 26.7. The normalized spacial score (nSPS) is 50.1. The highest BCUT2D eigenvalue weighted by atomic mass is 16.8. The summed E-state index contributed by atoms with van der Waals surface area (Å²) in [6.07, 6.45) is -119. The van der Waals surface area contributed by atoms with Gasteiger partial charge in [-0.1, -0.05) is 0 Å². The van der Waals surface area contributed by atoms with Crippen LogP contribution in [0.5, 0.6) is 0 Å². The van der Waals surface area contributed by atoms with Gasteiger partial charge in [-0.2, -0.15) is 0 Å². The van der Waals surface area contributed by atoms with Gasteiger partial charge in [-0.25, -0.2) is 0 Å². The zero-order valence-corrected chi connectivity index (χ0v) is 77.4. The molecule has 0 spiro atoms. The number of hydrogen-bond donors (Lipinski definition) is 38. The number of aliphatic hydroxyl groups excluding tert-OH is 34. The van der Waals surface area contributed by atoms with E-state index in [0.717, 1.165) is 27.7 Å². The maximum absolute atomic E-state index is 13.4. The largest absolute Gasteiger partial charge is 0.394 e. The molecular weight excluding hydrogens is 1990 g/mol. The molecular formula is C80H134N4O61. The first-order valence-electron chi connectivity index (χ1n) is 46.2. The third kappa shape index (κ3) is 26.0. The summed E-state index contributed by atoms with van der Waals surface area (Å²) in [6, 6.07) is -8.21. The maximum atomic E-state index is 13.4. The first-order valence-corrected chi connectivity index (χ1v) is 46.2. The van der Waals surface area contributed by atoms with Crippen LogP contribution < -0.4 is 21.3 Å². The predicted molar refractivity (Wildman–Crippen MR) is 441 cm³/mol. The van der Waals surface area contributed by atoms with Crippen molar-refractivity contribution in [1.29, 1.82) is 0 Å². The molecule has 60 atom stereocenters. The SMILES string of the molecule is CC(=O)N[C@H]1[C@H](OC[C@H]2O[C@@H](O[C@H]3[C@H](O)[C@@H](NC(C)=O)[C@H](O[C@H]4[C@@H](O)[C@@H](CO)O[C@@H](O[C@H]5[C@H](O)[C@@H](NC(C)=O)[C@H](O[C@H]6[C@@H](O)[C@@H](CO)O[C@@H](O[C@H]7[C@H](O)[C@@H](O)[C@H](O)O[C@@H]7CO)[C@@H]6O)O[C@@H]5CO)[C@@H]4O)O[C@@H]3CO)[C@H](O)[C@@H](O[C@@H]3O[C@H](CO)[C@@H](O[C@@H]4O[C@H](CO)[C@H](O)[C@H](O[C@H]5O[C@H](CO)[C@H](O)[C@H](O)[C@H]5O)[C@H]4O)[C@H](O)[C@H]3NC(C)=O)[C@H]2O)O[C@H](CO)[C@@H](O[C@@H]2O[C@H](CO)[C@H](O)[C@H](O[C@H]3O[C@H](CO)[C@H](O)[C@H](O)[C@H]3O)[C@H]2O)[C@@H]1O. The van der Waals surface area contributed by atoms with Crippen molar-refractivity contribution in [2.75, 3.05) is 79.3 Å². The van der Waals surface area contributed by atoms with Crippen molar-refractivity contribution in [3.05, 3.63) is 0 Å². The Bertz CT molecular complexity index is 4000. The summed E-state index contributed by atoms with van der Waals surface area (Å²) in [6.45, 7) is -10.2. The summed E-state index contributed by atoms with van der Waals surface area (Å²) in [5.74, 6) is -4.10. The topological polar surface area (TPSA) is 1020 Å². The fraction of sp³-hybridized carbons (Fsp3) is 0.950. The summed E-state index contributed by atoms with van der Waals surface area (Å²) in [7, 11) is 0. The number of amides is 4. The molecule has 12 aliphatic rings. The van der Waals surface area contributed by atoms with Crippen molar-refractivity contribution in [2.45, 2.75) is 396 Å². The van der Waals surface area contributed by atoms with Gasteiger partial charge in [0.1, 0.15) is 293 Å². The van der Waals surface area contributed by atoms with Crippen molar-refractivity contribution < 1.29 is 302 Å². The average Bonchev–Trinajstić information content (AvgIpc) is 0.769. The summed E-state index contributed by atoms with van der Waals surface area (Å²) < 4.78 is 135. The van der Waals surface area contributed by atoms with Gasteiger partial charge >= 0.3 is 0 Å². The van der Waals surface area contributed by atoms with Gasteiger partial charge in [0.05, 0.1) is 79.3 Å². The van der Waals surface area contributed by atoms with Crippen molar-refractivity contribution in [3.63, 3.8) is 0 Å². The Hall–Kier alpha value is -4.40. The van der Waals surface area contributed by atoms with Crippen LogP contribution in [-0.2, 0) is 128 Å². The minimum atomic E-state index is -2.64. The highest BCUT2D eigenvalue weighted by Crippen LogP contribution is 2.43. The van der Waals surface area contributed by atoms with Crippen LogP contribution in [0.15, 0.2) is 0 Å². The van der Waals surface area contributed by atoms with Gasteiger partial charge in [-0.3, -0.25) is 19.2 Å². The molecule has 12 fully saturated rings. The van der Waals surface area contributed by atoms with Crippen molar-refractivity contribution >= 4 is 23.6 Å². The number of aliphatic hydroxyl groups is 34. The monoisotopic (exact) mass is 2130 g/mol. The molecule has 0 aliphatic carbocycles. The number of ether oxygens (including phenoxy) is 23. The number of hydrogen-bond acceptors (Lipinski definition) is 61. The van der Waals surface area contributed by atoms with Crippen LogP contribution in [0.3, 0.4) is 0 Å². The van der Waals surface area contributed by atoms with Gasteiger partial charge in [-0.05, 0) is 0 Å². The molecule has 65 nitrogen and oxygen atoms in total. The molecule has 0 radical (unpaired) electrons. The zero-order valence-electron chi connectivity index (χ0n) is 77.4. The van der Waals surface area contributed by atoms with Crippen LogP contribution in [0.1, 0.15) is 27.7 Å². The van der Waals surface area contributed by atoms with Gasteiger partial charge in [0.15, 0.2) is 75.5 Å². The summed E-state index contributed by atoms with van der Waals surface area (Å²) in [5.41, 5.74) is 0. The zero-order chi connectivity index (χ0) is 107. The van der Waals surface area contributed by atoms with Crippen LogP contribution in [0.4, 0.5) is 0 Å². The smallest absolute Gasteiger partial charge is 0.217 e. The lowest BCUT2D eigenvalue weighted by molar-refractivity contribution is -0.392. The second kappa shape index (κ2) is 52.2. The van der Waals surface area contributed by atoms with E-state index >= 15 is 0 Å². The van der Waals surface area contributed by atoms with Crippen LogP contribution >= 0.6 is 0 Å². The Morgan fingerprint density at radius 3 is 0.600 bits per heavy atom. The van der Waals surface area contributed by atoms with E-state index in [4.69, 9.17) is 109 Å². The van der Waals surface area contributed by atoms with Gasteiger partial charge in [0.25, 0.3) is 0 Å². The van der Waals surface area contributed by atoms with Crippen LogP contribution in [0.2, 0.25) is 0 Å². The number of carbonyl (C=O) groups excluding carboxylic acids is 4. The van der Waals surface area contributed by atoms with Crippen LogP contribution in [0.25, 0.3) is 0 Å². The lowest BCUT2D eigenvalue weighted by atomic mass is 9.93. The van der Waals surface area contributed by atoms with E-state index in [0.29, 0.717) is 0 Å². The van der Waals surface area contributed by atoms with E-state index in [1.807, 2.05) is 0 Å². The van der Waals surface area contributed by atoms with E-state index in [1.165, 1.54) is 0 Å². The van der Waals surface area contributed by atoms with E-state index in [2.05, 4.69) is 21.3 Å². The minimum Gasteiger partial charge on any atom is -0.394 e. The summed E-state index contributed by atoms with van der Waals surface area (Å²) in [4.78, 5) is 52.9. The Morgan fingerprint density at radius 1 is 0.179 bits per heavy atom. The van der Waals surface area contributed by atoms with E-state index in [-0.39, 0.29) is 0 Å². The van der Waals surface area contributed by atoms with Crippen molar-refractivity contribution in [1.82, 2.24) is 21.3 Å². The molecule has 65 heteroatoms. The first-order chi connectivity index (χ1) is 68.7. The van der Waals surface area contributed by atoms with E-state index in [9.17, 15) is 193 Å². The van der Waals surface area contributed by atoms with Gasteiger partial charge in [0.2, 0.25) is 23.6 Å².